The second kappa shape index (κ2) is 4.47. The van der Waals surface area contributed by atoms with Crippen LogP contribution in [-0.2, 0) is 4.79 Å². The van der Waals surface area contributed by atoms with Crippen LogP contribution in [0.4, 0.5) is 0 Å². The van der Waals surface area contributed by atoms with E-state index in [1.165, 1.54) is 0 Å². The van der Waals surface area contributed by atoms with Crippen molar-refractivity contribution in [3.63, 3.8) is 0 Å². The summed E-state index contributed by atoms with van der Waals surface area (Å²) >= 11 is 0. The SMILES string of the molecule is CCCC(C(=O)O)n1nc(C)c(C)c1C. The molecule has 0 fully saturated rings. The Kier molecular flexibility index (Phi) is 3.50. The van der Waals surface area contributed by atoms with Crippen LogP contribution in [0.15, 0.2) is 0 Å². The molecule has 0 aromatic carbocycles. The predicted molar refractivity (Wildman–Crippen MR) is 58.0 cm³/mol. The van der Waals surface area contributed by atoms with Gasteiger partial charge in [0.25, 0.3) is 0 Å². The number of carboxylic acids is 1. The van der Waals surface area contributed by atoms with E-state index in [9.17, 15) is 4.79 Å². The van der Waals surface area contributed by atoms with E-state index in [4.69, 9.17) is 5.11 Å². The van der Waals surface area contributed by atoms with E-state index in [2.05, 4.69) is 5.10 Å². The third-order valence-corrected chi connectivity index (χ3v) is 2.83. The second-order valence-electron chi connectivity index (χ2n) is 3.88. The molecule has 0 radical (unpaired) electrons. The lowest BCUT2D eigenvalue weighted by Crippen LogP contribution is -2.21. The topological polar surface area (TPSA) is 55.1 Å². The van der Waals surface area contributed by atoms with Crippen LogP contribution >= 0.6 is 0 Å². The van der Waals surface area contributed by atoms with Gasteiger partial charge in [0, 0.05) is 5.69 Å². The number of carbonyl (C=O) groups is 1. The molecule has 0 saturated heterocycles. The van der Waals surface area contributed by atoms with Gasteiger partial charge in [-0.3, -0.25) is 4.68 Å². The number of carboxylic acid groups (broad SMARTS) is 1. The van der Waals surface area contributed by atoms with E-state index in [0.717, 1.165) is 23.4 Å². The molecule has 0 aliphatic heterocycles. The first kappa shape index (κ1) is 11.8. The molecule has 0 aliphatic carbocycles. The number of aryl methyl sites for hydroxylation is 1. The molecule has 0 bridgehead atoms. The first-order valence-electron chi connectivity index (χ1n) is 5.24. The Morgan fingerprint density at radius 2 is 2.07 bits per heavy atom. The fraction of sp³-hybridized carbons (Fsp3) is 0.636. The molecule has 0 spiro atoms. The van der Waals surface area contributed by atoms with Gasteiger partial charge in [0.05, 0.1) is 5.69 Å². The van der Waals surface area contributed by atoms with Crippen molar-refractivity contribution in [1.29, 1.82) is 0 Å². The lowest BCUT2D eigenvalue weighted by atomic mass is 10.1. The van der Waals surface area contributed by atoms with Crippen molar-refractivity contribution >= 4 is 5.97 Å². The number of aromatic nitrogens is 2. The Labute approximate surface area is 89.9 Å². The summed E-state index contributed by atoms with van der Waals surface area (Å²) < 4.78 is 1.64. The highest BCUT2D eigenvalue weighted by molar-refractivity contribution is 5.71. The maximum Gasteiger partial charge on any atom is 0.328 e. The van der Waals surface area contributed by atoms with Gasteiger partial charge >= 0.3 is 5.97 Å². The average Bonchev–Trinajstić information content (AvgIpc) is 2.42. The molecule has 1 aromatic heterocycles. The zero-order chi connectivity index (χ0) is 11.6. The average molecular weight is 210 g/mol. The zero-order valence-corrected chi connectivity index (χ0v) is 9.74. The van der Waals surface area contributed by atoms with E-state index < -0.39 is 12.0 Å². The molecular weight excluding hydrogens is 192 g/mol. The van der Waals surface area contributed by atoms with Gasteiger partial charge in [0.2, 0.25) is 0 Å². The Hall–Kier alpha value is -1.32. The number of hydrogen-bond acceptors (Lipinski definition) is 2. The minimum Gasteiger partial charge on any atom is -0.480 e. The molecule has 1 aromatic rings. The fourth-order valence-electron chi connectivity index (χ4n) is 1.67. The number of rotatable bonds is 4. The van der Waals surface area contributed by atoms with E-state index in [0.29, 0.717) is 6.42 Å². The number of hydrogen-bond donors (Lipinski definition) is 1. The van der Waals surface area contributed by atoms with Gasteiger partial charge in [-0.25, -0.2) is 4.79 Å². The van der Waals surface area contributed by atoms with Crippen molar-refractivity contribution in [2.24, 2.45) is 0 Å². The molecule has 4 nitrogen and oxygen atoms in total. The van der Waals surface area contributed by atoms with Gasteiger partial charge in [-0.2, -0.15) is 5.10 Å². The third-order valence-electron chi connectivity index (χ3n) is 2.83. The summed E-state index contributed by atoms with van der Waals surface area (Å²) in [7, 11) is 0. The van der Waals surface area contributed by atoms with Gasteiger partial charge in [-0.15, -0.1) is 0 Å². The van der Waals surface area contributed by atoms with E-state index >= 15 is 0 Å². The summed E-state index contributed by atoms with van der Waals surface area (Å²) in [5.41, 5.74) is 2.94. The van der Waals surface area contributed by atoms with Gasteiger partial charge in [-0.1, -0.05) is 13.3 Å². The highest BCUT2D eigenvalue weighted by Gasteiger charge is 2.22. The molecule has 15 heavy (non-hydrogen) atoms. The molecule has 1 unspecified atom stereocenters. The normalized spacial score (nSPS) is 12.8. The van der Waals surface area contributed by atoms with Crippen LogP contribution in [0.3, 0.4) is 0 Å². The molecule has 0 saturated carbocycles. The van der Waals surface area contributed by atoms with E-state index in [1.807, 2.05) is 27.7 Å². The summed E-state index contributed by atoms with van der Waals surface area (Å²) in [6.07, 6.45) is 1.46. The largest absolute Gasteiger partial charge is 0.480 e. The molecule has 1 atom stereocenters. The van der Waals surface area contributed by atoms with Gasteiger partial charge in [0.1, 0.15) is 6.04 Å². The second-order valence-corrected chi connectivity index (χ2v) is 3.88. The lowest BCUT2D eigenvalue weighted by Gasteiger charge is -2.13. The van der Waals surface area contributed by atoms with Crippen LogP contribution in [0.25, 0.3) is 0 Å². The van der Waals surface area contributed by atoms with Gasteiger partial charge < -0.3 is 5.11 Å². The van der Waals surface area contributed by atoms with Crippen LogP contribution in [0, 0.1) is 20.8 Å². The van der Waals surface area contributed by atoms with Crippen LogP contribution in [-0.4, -0.2) is 20.9 Å². The lowest BCUT2D eigenvalue weighted by molar-refractivity contribution is -0.141. The smallest absolute Gasteiger partial charge is 0.328 e. The maximum absolute atomic E-state index is 11.1. The van der Waals surface area contributed by atoms with E-state index in [-0.39, 0.29) is 0 Å². The van der Waals surface area contributed by atoms with Crippen molar-refractivity contribution in [2.75, 3.05) is 0 Å². The summed E-state index contributed by atoms with van der Waals surface area (Å²) in [5, 5.41) is 13.4. The Balaban J connectivity index is 3.11. The highest BCUT2D eigenvalue weighted by Crippen LogP contribution is 2.20. The summed E-state index contributed by atoms with van der Waals surface area (Å²) in [6.45, 7) is 7.78. The summed E-state index contributed by atoms with van der Waals surface area (Å²) in [6, 6.07) is -0.526. The summed E-state index contributed by atoms with van der Waals surface area (Å²) in [5.74, 6) is -0.803. The van der Waals surface area contributed by atoms with Crippen LogP contribution in [0.2, 0.25) is 0 Å². The summed E-state index contributed by atoms with van der Waals surface area (Å²) in [4.78, 5) is 11.1. The van der Waals surface area contributed by atoms with Crippen LogP contribution < -0.4 is 0 Å². The third kappa shape index (κ3) is 2.19. The van der Waals surface area contributed by atoms with Gasteiger partial charge in [-0.05, 0) is 32.8 Å². The minimum absolute atomic E-state index is 0.526. The number of aliphatic carboxylic acids is 1. The zero-order valence-electron chi connectivity index (χ0n) is 9.74. The van der Waals surface area contributed by atoms with E-state index in [1.54, 1.807) is 4.68 Å². The first-order valence-corrected chi connectivity index (χ1v) is 5.24. The molecule has 1 N–H and O–H groups in total. The molecule has 1 rings (SSSR count). The molecular formula is C11H18N2O2. The molecule has 1 heterocycles. The Bertz CT molecular complexity index is 369. The standard InChI is InChI=1S/C11H18N2O2/c1-5-6-10(11(14)15)13-9(4)7(2)8(3)12-13/h10H,5-6H2,1-4H3,(H,14,15). The monoisotopic (exact) mass is 210 g/mol. The Morgan fingerprint density at radius 3 is 2.40 bits per heavy atom. The van der Waals surface area contributed by atoms with Crippen molar-refractivity contribution in [3.8, 4) is 0 Å². The maximum atomic E-state index is 11.1. The van der Waals surface area contributed by atoms with Crippen LogP contribution in [0.5, 0.6) is 0 Å². The highest BCUT2D eigenvalue weighted by atomic mass is 16.4. The number of nitrogens with zero attached hydrogens (tertiary/aromatic N) is 2. The Morgan fingerprint density at radius 1 is 1.47 bits per heavy atom. The first-order chi connectivity index (χ1) is 6.99. The van der Waals surface area contributed by atoms with Crippen molar-refractivity contribution in [3.05, 3.63) is 17.0 Å². The fourth-order valence-corrected chi connectivity index (χ4v) is 1.67. The van der Waals surface area contributed by atoms with Crippen molar-refractivity contribution < 1.29 is 9.90 Å². The molecule has 0 aliphatic rings. The van der Waals surface area contributed by atoms with Crippen LogP contribution in [0.1, 0.15) is 42.8 Å². The quantitative estimate of drug-likeness (QED) is 0.829. The van der Waals surface area contributed by atoms with Crippen molar-refractivity contribution in [2.45, 2.75) is 46.6 Å². The molecule has 84 valence electrons. The minimum atomic E-state index is -0.803. The predicted octanol–water partition coefficient (Wildman–Crippen LogP) is 2.23. The van der Waals surface area contributed by atoms with Crippen molar-refractivity contribution in [1.82, 2.24) is 9.78 Å². The molecule has 4 heteroatoms. The van der Waals surface area contributed by atoms with Gasteiger partial charge in [0.15, 0.2) is 0 Å². The molecule has 0 amide bonds.